The number of amidine groups is 1. The van der Waals surface area contributed by atoms with Crippen LogP contribution in [-0.2, 0) is 21.7 Å². The lowest BCUT2D eigenvalue weighted by Crippen LogP contribution is -2.44. The molecule has 1 fully saturated rings. The number of thioether (sulfide) groups is 1. The standard InChI is InChI=1S/C20H19N3O2S2/c1-13(18-21-8-11-26-18)16-17(24)22-19(27-16)23-9-6-20(7-10-23)15-5-3-2-4-14(15)12-25-20/h2-5,8,11H,6-7,9-10,12H2,1H3/b16-13-. The van der Waals surface area contributed by atoms with E-state index in [1.807, 2.05) is 12.3 Å². The Morgan fingerprint density at radius 1 is 1.26 bits per heavy atom. The Morgan fingerprint density at radius 2 is 2.07 bits per heavy atom. The van der Waals surface area contributed by atoms with Gasteiger partial charge in [-0.1, -0.05) is 24.3 Å². The summed E-state index contributed by atoms with van der Waals surface area (Å²) >= 11 is 3.03. The topological polar surface area (TPSA) is 54.8 Å². The van der Waals surface area contributed by atoms with Crippen LogP contribution in [0.2, 0.25) is 0 Å². The zero-order valence-corrected chi connectivity index (χ0v) is 16.6. The summed E-state index contributed by atoms with van der Waals surface area (Å²) in [6.45, 7) is 4.34. The number of carbonyl (C=O) groups is 1. The summed E-state index contributed by atoms with van der Waals surface area (Å²) in [4.78, 5) is 24.0. The molecule has 0 atom stereocenters. The molecule has 1 aromatic heterocycles. The van der Waals surface area contributed by atoms with Gasteiger partial charge in [-0.25, -0.2) is 4.98 Å². The van der Waals surface area contributed by atoms with Gasteiger partial charge in [-0.2, -0.15) is 4.99 Å². The predicted octanol–water partition coefficient (Wildman–Crippen LogP) is 4.03. The average molecular weight is 398 g/mol. The van der Waals surface area contributed by atoms with Gasteiger partial charge in [0.1, 0.15) is 5.01 Å². The molecule has 5 rings (SSSR count). The van der Waals surface area contributed by atoms with E-state index in [0.717, 1.165) is 41.7 Å². The van der Waals surface area contributed by atoms with Crippen LogP contribution in [0.5, 0.6) is 0 Å². The highest BCUT2D eigenvalue weighted by atomic mass is 32.2. The Kier molecular flexibility index (Phi) is 4.18. The first kappa shape index (κ1) is 17.2. The second kappa shape index (κ2) is 6.58. The molecule has 0 aliphatic carbocycles. The van der Waals surface area contributed by atoms with Gasteiger partial charge in [0.2, 0.25) is 0 Å². The van der Waals surface area contributed by atoms with Crippen LogP contribution in [0.3, 0.4) is 0 Å². The molecule has 138 valence electrons. The van der Waals surface area contributed by atoms with Crippen LogP contribution in [0.25, 0.3) is 5.57 Å². The number of amides is 1. The molecule has 3 aliphatic heterocycles. The normalized spacial score (nSPS) is 22.9. The van der Waals surface area contributed by atoms with E-state index in [1.54, 1.807) is 17.5 Å². The molecule has 4 heterocycles. The SMILES string of the molecule is C/C(=C1/SC(N2CCC3(CC2)OCc2ccccc23)=NC1=O)c1nccs1. The van der Waals surface area contributed by atoms with Gasteiger partial charge in [0.25, 0.3) is 5.91 Å². The van der Waals surface area contributed by atoms with Gasteiger partial charge in [-0.05, 0) is 42.7 Å². The van der Waals surface area contributed by atoms with E-state index in [2.05, 4.69) is 39.1 Å². The van der Waals surface area contributed by atoms with Crippen LogP contribution in [0.4, 0.5) is 0 Å². The van der Waals surface area contributed by atoms with Crippen molar-refractivity contribution in [2.24, 2.45) is 4.99 Å². The summed E-state index contributed by atoms with van der Waals surface area (Å²) < 4.78 is 6.24. The number of aliphatic imine (C=N–C) groups is 1. The van der Waals surface area contributed by atoms with E-state index in [1.165, 1.54) is 22.9 Å². The molecule has 1 saturated heterocycles. The van der Waals surface area contributed by atoms with Gasteiger partial charge in [0.05, 0.1) is 17.1 Å². The quantitative estimate of drug-likeness (QED) is 0.680. The number of fused-ring (bicyclic) bond motifs is 2. The minimum absolute atomic E-state index is 0.148. The lowest BCUT2D eigenvalue weighted by Gasteiger charge is -2.39. The molecular formula is C20H19N3O2S2. The van der Waals surface area contributed by atoms with Crippen LogP contribution >= 0.6 is 23.1 Å². The molecule has 0 unspecified atom stereocenters. The van der Waals surface area contributed by atoms with Crippen molar-refractivity contribution in [1.29, 1.82) is 0 Å². The summed E-state index contributed by atoms with van der Waals surface area (Å²) in [6.07, 6.45) is 3.60. The third-order valence-corrected chi connectivity index (χ3v) is 7.64. The Bertz CT molecular complexity index is 957. The fourth-order valence-corrected chi connectivity index (χ4v) is 5.75. The third kappa shape index (κ3) is 2.85. The molecule has 1 spiro atoms. The van der Waals surface area contributed by atoms with Crippen LogP contribution in [-0.4, -0.2) is 34.0 Å². The van der Waals surface area contributed by atoms with Crippen LogP contribution in [0.15, 0.2) is 45.7 Å². The van der Waals surface area contributed by atoms with Crippen LogP contribution in [0.1, 0.15) is 35.9 Å². The molecule has 5 nitrogen and oxygen atoms in total. The molecule has 0 N–H and O–H groups in total. The van der Waals surface area contributed by atoms with Gasteiger partial charge in [0, 0.05) is 30.2 Å². The molecule has 1 aromatic carbocycles. The predicted molar refractivity (Wildman–Crippen MR) is 108 cm³/mol. The highest BCUT2D eigenvalue weighted by Crippen LogP contribution is 2.45. The first-order chi connectivity index (χ1) is 13.2. The third-order valence-electron chi connectivity index (χ3n) is 5.53. The number of piperidine rings is 1. The summed E-state index contributed by atoms with van der Waals surface area (Å²) in [5.41, 5.74) is 3.39. The molecule has 3 aliphatic rings. The lowest BCUT2D eigenvalue weighted by molar-refractivity contribution is -0.113. The van der Waals surface area contributed by atoms with E-state index < -0.39 is 0 Å². The number of aromatic nitrogens is 1. The molecule has 2 aromatic rings. The zero-order valence-electron chi connectivity index (χ0n) is 15.0. The van der Waals surface area contributed by atoms with Crippen molar-refractivity contribution in [1.82, 2.24) is 9.88 Å². The molecule has 0 saturated carbocycles. The van der Waals surface area contributed by atoms with Gasteiger partial charge in [-0.15, -0.1) is 11.3 Å². The fraction of sp³-hybridized carbons (Fsp3) is 0.350. The highest BCUT2D eigenvalue weighted by Gasteiger charge is 2.43. The maximum atomic E-state index is 12.4. The Balaban J connectivity index is 1.32. The van der Waals surface area contributed by atoms with E-state index in [0.29, 0.717) is 11.5 Å². The smallest absolute Gasteiger partial charge is 0.286 e. The Labute approximate surface area is 166 Å². The van der Waals surface area contributed by atoms with Crippen molar-refractivity contribution in [3.63, 3.8) is 0 Å². The van der Waals surface area contributed by atoms with Gasteiger partial charge >= 0.3 is 0 Å². The van der Waals surface area contributed by atoms with E-state index in [-0.39, 0.29) is 11.5 Å². The molecule has 0 bridgehead atoms. The summed E-state index contributed by atoms with van der Waals surface area (Å²) in [5.74, 6) is -0.148. The average Bonchev–Trinajstić information content (AvgIpc) is 3.43. The van der Waals surface area contributed by atoms with Crippen molar-refractivity contribution in [3.8, 4) is 0 Å². The van der Waals surface area contributed by atoms with Crippen molar-refractivity contribution in [2.45, 2.75) is 32.0 Å². The molecular weight excluding hydrogens is 378 g/mol. The van der Waals surface area contributed by atoms with Crippen molar-refractivity contribution < 1.29 is 9.53 Å². The molecule has 27 heavy (non-hydrogen) atoms. The first-order valence-corrected chi connectivity index (χ1v) is 10.7. The first-order valence-electron chi connectivity index (χ1n) is 9.05. The zero-order chi connectivity index (χ0) is 18.4. The number of likely N-dealkylation sites (tertiary alicyclic amines) is 1. The summed E-state index contributed by atoms with van der Waals surface area (Å²) in [7, 11) is 0. The maximum absolute atomic E-state index is 12.4. The van der Waals surface area contributed by atoms with E-state index >= 15 is 0 Å². The van der Waals surface area contributed by atoms with Crippen LogP contribution < -0.4 is 0 Å². The second-order valence-corrected chi connectivity index (χ2v) is 8.89. The lowest BCUT2D eigenvalue weighted by atomic mass is 9.84. The van der Waals surface area contributed by atoms with Gasteiger partial charge < -0.3 is 9.64 Å². The van der Waals surface area contributed by atoms with Crippen molar-refractivity contribution >= 4 is 39.7 Å². The number of benzene rings is 1. The van der Waals surface area contributed by atoms with E-state index in [9.17, 15) is 4.79 Å². The van der Waals surface area contributed by atoms with Gasteiger partial charge in [-0.3, -0.25) is 4.79 Å². The maximum Gasteiger partial charge on any atom is 0.286 e. The fourth-order valence-electron chi connectivity index (χ4n) is 4.03. The second-order valence-electron chi connectivity index (χ2n) is 7.02. The number of hydrogen-bond donors (Lipinski definition) is 0. The highest BCUT2D eigenvalue weighted by molar-refractivity contribution is 8.18. The molecule has 7 heteroatoms. The minimum Gasteiger partial charge on any atom is -0.365 e. The largest absolute Gasteiger partial charge is 0.365 e. The Morgan fingerprint density at radius 3 is 2.85 bits per heavy atom. The number of thiazole rings is 1. The number of hydrogen-bond acceptors (Lipinski definition) is 6. The Hall–Kier alpha value is -1.96. The minimum atomic E-state index is -0.170. The summed E-state index contributed by atoms with van der Waals surface area (Å²) in [6, 6.07) is 8.52. The van der Waals surface area contributed by atoms with Crippen LogP contribution in [0, 0.1) is 0 Å². The van der Waals surface area contributed by atoms with Gasteiger partial charge in [0.15, 0.2) is 5.17 Å². The number of carbonyl (C=O) groups excluding carboxylic acids is 1. The molecule has 0 radical (unpaired) electrons. The van der Waals surface area contributed by atoms with Crippen molar-refractivity contribution in [2.75, 3.05) is 13.1 Å². The number of rotatable bonds is 1. The number of ether oxygens (including phenoxy) is 1. The van der Waals surface area contributed by atoms with Crippen molar-refractivity contribution in [3.05, 3.63) is 56.9 Å². The molecule has 1 amide bonds. The van der Waals surface area contributed by atoms with E-state index in [4.69, 9.17) is 4.74 Å². The monoisotopic (exact) mass is 397 g/mol. The summed E-state index contributed by atoms with van der Waals surface area (Å²) in [5, 5.41) is 3.62. The number of nitrogens with zero attached hydrogens (tertiary/aromatic N) is 3. The number of allylic oxidation sites excluding steroid dienone is 1.